The molecule has 194 valence electrons. The van der Waals surface area contributed by atoms with Crippen molar-refractivity contribution in [1.82, 2.24) is 29.9 Å². The number of nitrogens with two attached hydrogens (primary N) is 1. The summed E-state index contributed by atoms with van der Waals surface area (Å²) in [5, 5.41) is 8.51. The zero-order valence-electron chi connectivity index (χ0n) is 21.3. The molecular weight excluding hydrogens is 474 g/mol. The quantitative estimate of drug-likeness (QED) is 0.403. The normalized spacial score (nSPS) is 14.7. The number of hydrogen-bond donors (Lipinski definition) is 1. The first-order valence-electron chi connectivity index (χ1n) is 12.4. The maximum absolute atomic E-state index is 12.3. The van der Waals surface area contributed by atoms with E-state index in [1.54, 1.807) is 34.0 Å². The highest BCUT2D eigenvalue weighted by Crippen LogP contribution is 2.26. The van der Waals surface area contributed by atoms with E-state index in [4.69, 9.17) is 19.6 Å². The number of carbonyl (C=O) groups excluding carboxylic acids is 1. The lowest BCUT2D eigenvalue weighted by molar-refractivity contribution is 0.0177. The monoisotopic (exact) mass is 505 g/mol. The number of aromatic nitrogens is 5. The molecule has 0 saturated carbocycles. The molecule has 11 nitrogen and oxygen atoms in total. The van der Waals surface area contributed by atoms with E-state index in [1.165, 1.54) is 0 Å². The Hall–Kier alpha value is -4.15. The summed E-state index contributed by atoms with van der Waals surface area (Å²) in [5.74, 6) is 2.39. The van der Waals surface area contributed by atoms with Gasteiger partial charge in [0, 0.05) is 25.2 Å². The zero-order valence-corrected chi connectivity index (χ0v) is 21.3. The number of amides is 1. The topological polar surface area (TPSA) is 134 Å². The second-order valence-electron chi connectivity index (χ2n) is 10.1. The van der Waals surface area contributed by atoms with Crippen LogP contribution in [-0.2, 0) is 4.74 Å². The van der Waals surface area contributed by atoms with Gasteiger partial charge in [-0.2, -0.15) is 9.67 Å². The van der Waals surface area contributed by atoms with Gasteiger partial charge in [0.05, 0.1) is 12.9 Å². The van der Waals surface area contributed by atoms with E-state index in [1.807, 2.05) is 39.0 Å². The molecule has 1 amide bonds. The van der Waals surface area contributed by atoms with Crippen LogP contribution in [-0.4, -0.2) is 61.3 Å². The lowest BCUT2D eigenvalue weighted by Crippen LogP contribution is -2.41. The van der Waals surface area contributed by atoms with Crippen LogP contribution in [0.4, 0.5) is 10.7 Å². The summed E-state index contributed by atoms with van der Waals surface area (Å²) in [6.07, 6.45) is 4.12. The average molecular weight is 506 g/mol. The third kappa shape index (κ3) is 5.82. The second kappa shape index (κ2) is 10.1. The van der Waals surface area contributed by atoms with Gasteiger partial charge in [-0.05, 0) is 70.2 Å². The van der Waals surface area contributed by atoms with Gasteiger partial charge in [-0.25, -0.2) is 9.78 Å². The molecule has 5 rings (SSSR count). The molecule has 1 saturated heterocycles. The Morgan fingerprint density at radius 1 is 1.16 bits per heavy atom. The van der Waals surface area contributed by atoms with Crippen molar-refractivity contribution in [2.75, 3.05) is 25.4 Å². The van der Waals surface area contributed by atoms with Crippen LogP contribution in [0.3, 0.4) is 0 Å². The van der Waals surface area contributed by atoms with Crippen LogP contribution < -0.4 is 10.5 Å². The average Bonchev–Trinajstić information content (AvgIpc) is 3.53. The second-order valence-corrected chi connectivity index (χ2v) is 10.1. The molecule has 37 heavy (non-hydrogen) atoms. The van der Waals surface area contributed by atoms with Crippen LogP contribution in [0.5, 0.6) is 5.75 Å². The van der Waals surface area contributed by atoms with Gasteiger partial charge in [0.1, 0.15) is 28.1 Å². The van der Waals surface area contributed by atoms with Crippen molar-refractivity contribution in [2.24, 2.45) is 5.92 Å². The van der Waals surface area contributed by atoms with Crippen molar-refractivity contribution in [2.45, 2.75) is 45.6 Å². The molecule has 11 heteroatoms. The Kier molecular flexibility index (Phi) is 6.68. The van der Waals surface area contributed by atoms with Gasteiger partial charge in [0.25, 0.3) is 0 Å². The maximum Gasteiger partial charge on any atom is 0.410 e. The van der Waals surface area contributed by atoms with Gasteiger partial charge < -0.3 is 24.5 Å². The van der Waals surface area contributed by atoms with Crippen molar-refractivity contribution in [1.29, 1.82) is 0 Å². The van der Waals surface area contributed by atoms with E-state index < -0.39 is 5.60 Å². The van der Waals surface area contributed by atoms with Gasteiger partial charge in [-0.15, -0.1) is 5.10 Å². The number of fused-ring (bicyclic) bond motifs is 1. The fourth-order valence-corrected chi connectivity index (χ4v) is 4.34. The summed E-state index contributed by atoms with van der Waals surface area (Å²) in [6.45, 7) is 7.65. The van der Waals surface area contributed by atoms with Gasteiger partial charge in [-0.1, -0.05) is 5.21 Å². The molecular formula is C26H31N7O4. The largest absolute Gasteiger partial charge is 0.494 e. The SMILES string of the molecule is CC(C)(C)OC(=O)N1CCC(CCOc2ccc3nnn(-c4cc(-c5ccco5)nc(N)n4)c3c2)CC1. The highest BCUT2D eigenvalue weighted by molar-refractivity contribution is 5.78. The van der Waals surface area contributed by atoms with Crippen molar-refractivity contribution < 1.29 is 18.7 Å². The van der Waals surface area contributed by atoms with Crippen LogP contribution in [0.1, 0.15) is 40.0 Å². The Morgan fingerprint density at radius 2 is 1.97 bits per heavy atom. The Bertz CT molecular complexity index is 1370. The Morgan fingerprint density at radius 3 is 2.70 bits per heavy atom. The molecule has 0 aliphatic carbocycles. The summed E-state index contributed by atoms with van der Waals surface area (Å²) < 4.78 is 18.6. The fourth-order valence-electron chi connectivity index (χ4n) is 4.34. The zero-order chi connectivity index (χ0) is 26.0. The molecule has 0 atom stereocenters. The van der Waals surface area contributed by atoms with E-state index in [-0.39, 0.29) is 12.0 Å². The summed E-state index contributed by atoms with van der Waals surface area (Å²) in [7, 11) is 0. The number of benzene rings is 1. The van der Waals surface area contributed by atoms with Gasteiger partial charge in [0.2, 0.25) is 5.95 Å². The van der Waals surface area contributed by atoms with Crippen LogP contribution in [0.2, 0.25) is 0 Å². The standard InChI is InChI=1S/C26H31N7O4/c1-26(2,3)37-25(34)32-11-8-17(9-12-32)10-14-35-18-6-7-19-21(15-18)33(31-30-19)23-16-20(28-24(27)29-23)22-5-4-13-36-22/h4-7,13,15-17H,8-12,14H2,1-3H3,(H2,27,28,29). The Balaban J connectivity index is 1.21. The van der Waals surface area contributed by atoms with E-state index in [0.717, 1.165) is 30.5 Å². The van der Waals surface area contributed by atoms with Crippen LogP contribution in [0.25, 0.3) is 28.3 Å². The van der Waals surface area contributed by atoms with Crippen LogP contribution in [0, 0.1) is 5.92 Å². The number of hydrogen-bond acceptors (Lipinski definition) is 9. The molecule has 1 aromatic carbocycles. The first kappa shape index (κ1) is 24.5. The third-order valence-corrected chi connectivity index (χ3v) is 6.20. The molecule has 1 fully saturated rings. The van der Waals surface area contributed by atoms with Crippen molar-refractivity contribution in [3.63, 3.8) is 0 Å². The molecule has 0 radical (unpaired) electrons. The molecule has 1 aliphatic heterocycles. The number of carbonyl (C=O) groups is 1. The first-order valence-corrected chi connectivity index (χ1v) is 12.4. The molecule has 0 bridgehead atoms. The molecule has 1 aliphatic rings. The predicted octanol–water partition coefficient (Wildman–Crippen LogP) is 4.47. The summed E-state index contributed by atoms with van der Waals surface area (Å²) in [6, 6.07) is 11.0. The number of piperidine rings is 1. The van der Waals surface area contributed by atoms with Gasteiger partial charge in [0.15, 0.2) is 11.6 Å². The number of likely N-dealkylation sites (tertiary alicyclic amines) is 1. The van der Waals surface area contributed by atoms with Crippen molar-refractivity contribution in [3.8, 4) is 23.0 Å². The van der Waals surface area contributed by atoms with Crippen LogP contribution >= 0.6 is 0 Å². The van der Waals surface area contributed by atoms with Gasteiger partial charge in [-0.3, -0.25) is 0 Å². The van der Waals surface area contributed by atoms with Crippen molar-refractivity contribution >= 4 is 23.1 Å². The summed E-state index contributed by atoms with van der Waals surface area (Å²) in [5.41, 5.74) is 7.48. The summed E-state index contributed by atoms with van der Waals surface area (Å²) >= 11 is 0. The third-order valence-electron chi connectivity index (χ3n) is 6.20. The molecule has 3 aromatic heterocycles. The lowest BCUT2D eigenvalue weighted by atomic mass is 9.94. The summed E-state index contributed by atoms with van der Waals surface area (Å²) in [4.78, 5) is 22.7. The molecule has 0 spiro atoms. The molecule has 0 unspecified atom stereocenters. The number of furan rings is 1. The smallest absolute Gasteiger partial charge is 0.410 e. The number of anilines is 1. The van der Waals surface area contributed by atoms with E-state index in [2.05, 4.69) is 20.3 Å². The molecule has 4 aromatic rings. The highest BCUT2D eigenvalue weighted by Gasteiger charge is 2.26. The minimum Gasteiger partial charge on any atom is -0.494 e. The highest BCUT2D eigenvalue weighted by atomic mass is 16.6. The first-order chi connectivity index (χ1) is 17.7. The minimum atomic E-state index is -0.477. The Labute approximate surface area is 214 Å². The predicted molar refractivity (Wildman–Crippen MR) is 137 cm³/mol. The van der Waals surface area contributed by atoms with Gasteiger partial charge >= 0.3 is 6.09 Å². The van der Waals surface area contributed by atoms with Crippen molar-refractivity contribution in [3.05, 3.63) is 42.7 Å². The van der Waals surface area contributed by atoms with E-state index in [0.29, 0.717) is 48.4 Å². The number of nitrogens with zero attached hydrogens (tertiary/aromatic N) is 6. The number of ether oxygens (including phenoxy) is 2. The molecule has 2 N–H and O–H groups in total. The fraction of sp³-hybridized carbons (Fsp3) is 0.423. The number of rotatable bonds is 6. The minimum absolute atomic E-state index is 0.109. The maximum atomic E-state index is 12.3. The number of nitrogen functional groups attached to an aromatic ring is 1. The van der Waals surface area contributed by atoms with E-state index >= 15 is 0 Å². The van der Waals surface area contributed by atoms with Crippen LogP contribution in [0.15, 0.2) is 47.1 Å². The molecule has 4 heterocycles. The lowest BCUT2D eigenvalue weighted by Gasteiger charge is -2.33. The van der Waals surface area contributed by atoms with E-state index in [9.17, 15) is 4.79 Å².